The zero-order valence-corrected chi connectivity index (χ0v) is 15.6. The Balaban J connectivity index is 2.10. The molecule has 1 N–H and O–H groups in total. The van der Waals surface area contributed by atoms with Gasteiger partial charge in [-0.25, -0.2) is 0 Å². The van der Waals surface area contributed by atoms with Crippen molar-refractivity contribution in [3.05, 3.63) is 58.1 Å². The smallest absolute Gasteiger partial charge is 0.180 e. The highest BCUT2D eigenvalue weighted by Crippen LogP contribution is 2.37. The number of halogens is 1. The van der Waals surface area contributed by atoms with Crippen LogP contribution in [0.4, 0.5) is 0 Å². The molecule has 0 radical (unpaired) electrons. The van der Waals surface area contributed by atoms with Gasteiger partial charge < -0.3 is 14.8 Å². The van der Waals surface area contributed by atoms with E-state index in [0.29, 0.717) is 29.2 Å². The highest BCUT2D eigenvalue weighted by atomic mass is 35.5. The van der Waals surface area contributed by atoms with Gasteiger partial charge >= 0.3 is 0 Å². The van der Waals surface area contributed by atoms with Gasteiger partial charge in [0.15, 0.2) is 11.5 Å². The summed E-state index contributed by atoms with van der Waals surface area (Å²) in [5.41, 5.74) is 3.41. The topological polar surface area (TPSA) is 30.5 Å². The van der Waals surface area contributed by atoms with E-state index in [4.69, 9.17) is 21.1 Å². The third-order valence-corrected chi connectivity index (χ3v) is 4.34. The molecule has 0 unspecified atom stereocenters. The molecule has 0 aliphatic rings. The molecule has 0 heterocycles. The maximum Gasteiger partial charge on any atom is 0.180 e. The Bertz CT molecular complexity index is 655. The van der Waals surface area contributed by atoms with Gasteiger partial charge in [0, 0.05) is 12.6 Å². The summed E-state index contributed by atoms with van der Waals surface area (Å²) in [7, 11) is 1.64. The lowest BCUT2D eigenvalue weighted by atomic mass is 10.1. The molecule has 0 saturated carbocycles. The highest BCUT2D eigenvalue weighted by Gasteiger charge is 2.13. The van der Waals surface area contributed by atoms with Crippen molar-refractivity contribution in [3.63, 3.8) is 0 Å². The molecule has 24 heavy (non-hydrogen) atoms. The van der Waals surface area contributed by atoms with Gasteiger partial charge in [-0.15, -0.1) is 0 Å². The van der Waals surface area contributed by atoms with Crippen LogP contribution in [0.15, 0.2) is 36.4 Å². The van der Waals surface area contributed by atoms with Crippen molar-refractivity contribution in [1.82, 2.24) is 5.32 Å². The van der Waals surface area contributed by atoms with E-state index in [1.54, 1.807) is 7.11 Å². The van der Waals surface area contributed by atoms with E-state index in [-0.39, 0.29) is 0 Å². The third-order valence-electron chi connectivity index (χ3n) is 4.06. The van der Waals surface area contributed by atoms with Crippen LogP contribution < -0.4 is 14.8 Å². The average Bonchev–Trinajstić information content (AvgIpc) is 2.59. The van der Waals surface area contributed by atoms with E-state index in [9.17, 15) is 0 Å². The van der Waals surface area contributed by atoms with Crippen LogP contribution in [0.3, 0.4) is 0 Å². The monoisotopic (exact) mass is 347 g/mol. The molecule has 2 aromatic carbocycles. The number of ether oxygens (including phenoxy) is 2. The molecular formula is C20H26ClNO2. The summed E-state index contributed by atoms with van der Waals surface area (Å²) >= 11 is 6.42. The average molecular weight is 348 g/mol. The van der Waals surface area contributed by atoms with Crippen LogP contribution in [0.25, 0.3) is 0 Å². The van der Waals surface area contributed by atoms with Gasteiger partial charge in [-0.2, -0.15) is 0 Å². The predicted octanol–water partition coefficient (Wildman–Crippen LogP) is 5.12. The van der Waals surface area contributed by atoms with Crippen molar-refractivity contribution in [1.29, 1.82) is 0 Å². The quantitative estimate of drug-likeness (QED) is 0.718. The molecule has 2 aromatic rings. The number of hydrogen-bond donors (Lipinski definition) is 1. The summed E-state index contributed by atoms with van der Waals surface area (Å²) < 4.78 is 11.4. The van der Waals surface area contributed by atoms with E-state index < -0.39 is 0 Å². The lowest BCUT2D eigenvalue weighted by molar-refractivity contribution is 0.284. The molecular weight excluding hydrogens is 322 g/mol. The normalized spacial score (nSPS) is 12.0. The first-order valence-electron chi connectivity index (χ1n) is 8.31. The zero-order valence-electron chi connectivity index (χ0n) is 14.9. The maximum atomic E-state index is 6.42. The SMILES string of the molecule is CC[C@@H](C)NCc1cc(Cl)c(OCc2ccc(C)cc2)c(OC)c1. The zero-order chi connectivity index (χ0) is 17.5. The molecule has 0 bridgehead atoms. The first-order valence-corrected chi connectivity index (χ1v) is 8.69. The van der Waals surface area contributed by atoms with E-state index >= 15 is 0 Å². The summed E-state index contributed by atoms with van der Waals surface area (Å²) in [6, 6.07) is 12.6. The van der Waals surface area contributed by atoms with E-state index in [0.717, 1.165) is 24.1 Å². The van der Waals surface area contributed by atoms with Crippen LogP contribution >= 0.6 is 11.6 Å². The minimum atomic E-state index is 0.459. The fraction of sp³-hybridized carbons (Fsp3) is 0.400. The first kappa shape index (κ1) is 18.6. The molecule has 1 atom stereocenters. The maximum absolute atomic E-state index is 6.42. The molecule has 0 fully saturated rings. The molecule has 0 aliphatic carbocycles. The number of rotatable bonds is 8. The van der Waals surface area contributed by atoms with Crippen molar-refractivity contribution < 1.29 is 9.47 Å². The van der Waals surface area contributed by atoms with Crippen LogP contribution in [-0.2, 0) is 13.2 Å². The molecule has 4 heteroatoms. The van der Waals surface area contributed by atoms with Gasteiger partial charge in [0.05, 0.1) is 12.1 Å². The summed E-state index contributed by atoms with van der Waals surface area (Å²) in [4.78, 5) is 0. The molecule has 130 valence electrons. The summed E-state index contributed by atoms with van der Waals surface area (Å²) in [5.74, 6) is 1.25. The van der Waals surface area contributed by atoms with Crippen LogP contribution in [0.1, 0.15) is 37.0 Å². The van der Waals surface area contributed by atoms with Crippen molar-refractivity contribution in [2.45, 2.75) is 46.4 Å². The molecule has 0 aliphatic heterocycles. The fourth-order valence-electron chi connectivity index (χ4n) is 2.29. The summed E-state index contributed by atoms with van der Waals surface area (Å²) in [6.07, 6.45) is 1.09. The largest absolute Gasteiger partial charge is 0.493 e. The van der Waals surface area contributed by atoms with Crippen molar-refractivity contribution in [2.24, 2.45) is 0 Å². The van der Waals surface area contributed by atoms with Crippen LogP contribution in [0.2, 0.25) is 5.02 Å². The molecule has 3 nitrogen and oxygen atoms in total. The van der Waals surface area contributed by atoms with Crippen LogP contribution in [0, 0.1) is 6.92 Å². The van der Waals surface area contributed by atoms with Crippen LogP contribution in [0.5, 0.6) is 11.5 Å². The van der Waals surface area contributed by atoms with Crippen LogP contribution in [-0.4, -0.2) is 13.2 Å². The van der Waals surface area contributed by atoms with Gasteiger partial charge in [0.2, 0.25) is 0 Å². The Morgan fingerprint density at radius 2 is 1.83 bits per heavy atom. The summed E-state index contributed by atoms with van der Waals surface area (Å²) in [6.45, 7) is 7.60. The minimum Gasteiger partial charge on any atom is -0.493 e. The van der Waals surface area contributed by atoms with E-state index in [1.165, 1.54) is 5.56 Å². The second kappa shape index (κ2) is 8.95. The van der Waals surface area contributed by atoms with Gasteiger partial charge in [0.1, 0.15) is 6.61 Å². The number of aryl methyl sites for hydroxylation is 1. The molecule has 2 rings (SSSR count). The van der Waals surface area contributed by atoms with Gasteiger partial charge in [0.25, 0.3) is 0 Å². The molecule has 0 aromatic heterocycles. The van der Waals surface area contributed by atoms with E-state index in [2.05, 4.69) is 50.4 Å². The first-order chi connectivity index (χ1) is 11.5. The van der Waals surface area contributed by atoms with Crippen molar-refractivity contribution >= 4 is 11.6 Å². The lowest BCUT2D eigenvalue weighted by Gasteiger charge is -2.16. The Kier molecular flexibility index (Phi) is 6.95. The number of hydrogen-bond acceptors (Lipinski definition) is 3. The minimum absolute atomic E-state index is 0.459. The van der Waals surface area contributed by atoms with Gasteiger partial charge in [-0.1, -0.05) is 48.4 Å². The second-order valence-corrected chi connectivity index (χ2v) is 6.48. The Hall–Kier alpha value is -1.71. The Labute approximate surface area is 149 Å². The number of benzene rings is 2. The van der Waals surface area contributed by atoms with Gasteiger partial charge in [-0.3, -0.25) is 0 Å². The van der Waals surface area contributed by atoms with Gasteiger partial charge in [-0.05, 0) is 43.5 Å². The van der Waals surface area contributed by atoms with Crippen molar-refractivity contribution in [3.8, 4) is 11.5 Å². The molecule has 0 spiro atoms. The number of methoxy groups -OCH3 is 1. The fourth-order valence-corrected chi connectivity index (χ4v) is 2.58. The Morgan fingerprint density at radius 3 is 2.46 bits per heavy atom. The Morgan fingerprint density at radius 1 is 1.12 bits per heavy atom. The molecule has 0 saturated heterocycles. The second-order valence-electron chi connectivity index (χ2n) is 6.07. The van der Waals surface area contributed by atoms with Crippen molar-refractivity contribution in [2.75, 3.05) is 7.11 Å². The lowest BCUT2D eigenvalue weighted by Crippen LogP contribution is -2.24. The standard InChI is InChI=1S/C20H26ClNO2/c1-5-15(3)22-12-17-10-18(21)20(19(11-17)23-4)24-13-16-8-6-14(2)7-9-16/h6-11,15,22H,5,12-13H2,1-4H3/t15-/m1/s1. The predicted molar refractivity (Wildman–Crippen MR) is 100 cm³/mol. The number of nitrogens with one attached hydrogen (secondary N) is 1. The highest BCUT2D eigenvalue weighted by molar-refractivity contribution is 6.32. The third kappa shape index (κ3) is 5.15. The molecule has 0 amide bonds. The van der Waals surface area contributed by atoms with E-state index in [1.807, 2.05) is 12.1 Å². The summed E-state index contributed by atoms with van der Waals surface area (Å²) in [5, 5.41) is 4.03.